The highest BCUT2D eigenvalue weighted by Crippen LogP contribution is 2.30. The molecule has 3 aromatic rings. The molecule has 0 bridgehead atoms. The molecule has 1 aliphatic rings. The van der Waals surface area contributed by atoms with Crippen molar-refractivity contribution < 1.29 is 31.1 Å². The Morgan fingerprint density at radius 1 is 1.16 bits per heavy atom. The van der Waals surface area contributed by atoms with Crippen molar-refractivity contribution in [3.05, 3.63) is 65.7 Å². The van der Waals surface area contributed by atoms with Gasteiger partial charge in [-0.15, -0.1) is 0 Å². The van der Waals surface area contributed by atoms with Crippen LogP contribution in [0.4, 0.5) is 18.3 Å². The van der Waals surface area contributed by atoms with Crippen molar-refractivity contribution in [2.75, 3.05) is 17.9 Å². The van der Waals surface area contributed by atoms with Crippen LogP contribution in [0.15, 0.2) is 47.6 Å². The zero-order valence-electron chi connectivity index (χ0n) is 15.6. The number of morpholine rings is 1. The van der Waals surface area contributed by atoms with Gasteiger partial charge < -0.3 is 14.8 Å². The van der Waals surface area contributed by atoms with Gasteiger partial charge in [0, 0.05) is 30.2 Å². The van der Waals surface area contributed by atoms with E-state index >= 15 is 0 Å². The van der Waals surface area contributed by atoms with E-state index in [1.165, 1.54) is 24.3 Å². The van der Waals surface area contributed by atoms with Crippen molar-refractivity contribution in [3.63, 3.8) is 0 Å². The van der Waals surface area contributed by atoms with E-state index in [4.69, 9.17) is 9.47 Å². The van der Waals surface area contributed by atoms with Crippen LogP contribution in [0.2, 0.25) is 0 Å². The number of sulfonamides is 1. The van der Waals surface area contributed by atoms with E-state index in [-0.39, 0.29) is 11.7 Å². The SMILES string of the molecule is O=S(=O)(Nc1ncns1)c1cc(F)c(OC2OCCNC2c2ccc(F)cc2)cc1F. The van der Waals surface area contributed by atoms with Crippen molar-refractivity contribution in [3.8, 4) is 5.75 Å². The largest absolute Gasteiger partial charge is 0.460 e. The number of nitrogens with zero attached hydrogens (tertiary/aromatic N) is 2. The lowest BCUT2D eigenvalue weighted by Crippen LogP contribution is -2.45. The van der Waals surface area contributed by atoms with E-state index in [2.05, 4.69) is 14.7 Å². The third-order valence-electron chi connectivity index (χ3n) is 4.35. The lowest BCUT2D eigenvalue weighted by Gasteiger charge is -2.33. The smallest absolute Gasteiger partial charge is 0.266 e. The molecule has 0 amide bonds. The molecule has 13 heteroatoms. The van der Waals surface area contributed by atoms with Crippen LogP contribution in [0.25, 0.3) is 0 Å². The second-order valence-corrected chi connectivity index (χ2v) is 8.84. The lowest BCUT2D eigenvalue weighted by atomic mass is 10.1. The van der Waals surface area contributed by atoms with E-state index in [9.17, 15) is 21.6 Å². The highest BCUT2D eigenvalue weighted by molar-refractivity contribution is 7.93. The summed E-state index contributed by atoms with van der Waals surface area (Å²) in [5, 5.41) is 3.02. The molecule has 8 nitrogen and oxygen atoms in total. The van der Waals surface area contributed by atoms with Crippen LogP contribution >= 0.6 is 11.5 Å². The number of rotatable bonds is 6. The van der Waals surface area contributed by atoms with Gasteiger partial charge in [-0.1, -0.05) is 12.1 Å². The summed E-state index contributed by atoms with van der Waals surface area (Å²) in [4.78, 5) is 2.73. The number of anilines is 1. The van der Waals surface area contributed by atoms with Gasteiger partial charge >= 0.3 is 0 Å². The maximum absolute atomic E-state index is 14.6. The van der Waals surface area contributed by atoms with E-state index in [0.29, 0.717) is 24.2 Å². The Morgan fingerprint density at radius 2 is 1.94 bits per heavy atom. The number of benzene rings is 2. The molecule has 2 aromatic carbocycles. The first-order valence-corrected chi connectivity index (χ1v) is 11.1. The van der Waals surface area contributed by atoms with Crippen LogP contribution < -0.4 is 14.8 Å². The summed E-state index contributed by atoms with van der Waals surface area (Å²) < 4.78 is 83.8. The third-order valence-corrected chi connectivity index (χ3v) is 6.42. The predicted octanol–water partition coefficient (Wildman–Crippen LogP) is 2.82. The van der Waals surface area contributed by atoms with Gasteiger partial charge in [0.25, 0.3) is 10.0 Å². The molecule has 1 saturated heterocycles. The molecule has 0 aliphatic carbocycles. The fourth-order valence-corrected chi connectivity index (χ4v) is 4.68. The summed E-state index contributed by atoms with van der Waals surface area (Å²) in [6, 6.07) is 6.11. The molecule has 4 rings (SSSR count). The van der Waals surface area contributed by atoms with Crippen molar-refractivity contribution in [1.29, 1.82) is 0 Å². The fraction of sp³-hybridized carbons (Fsp3) is 0.222. The van der Waals surface area contributed by atoms with Gasteiger partial charge in [-0.2, -0.15) is 4.37 Å². The molecule has 2 N–H and O–H groups in total. The predicted molar refractivity (Wildman–Crippen MR) is 105 cm³/mol. The Balaban J connectivity index is 1.58. The van der Waals surface area contributed by atoms with E-state index in [1.807, 2.05) is 4.72 Å². The normalized spacial score (nSPS) is 19.2. The average Bonchev–Trinajstić information content (AvgIpc) is 3.24. The molecule has 0 saturated carbocycles. The van der Waals surface area contributed by atoms with E-state index < -0.39 is 50.5 Å². The standard InChI is InChI=1S/C18H15F3N4O4S2/c19-11-3-1-10(2-4-11)16-17(28-6-5-22-16)29-14-7-13(21)15(8-12(14)20)31(26,27)25-18-23-9-24-30-18/h1-4,7-9,16-17,22H,5-6H2,(H,23,24,25). The number of halogens is 3. The van der Waals surface area contributed by atoms with Crippen molar-refractivity contribution in [2.45, 2.75) is 17.2 Å². The van der Waals surface area contributed by atoms with E-state index in [0.717, 1.165) is 17.9 Å². The molecular weight excluding hydrogens is 457 g/mol. The quantitative estimate of drug-likeness (QED) is 0.569. The monoisotopic (exact) mass is 472 g/mol. The topological polar surface area (TPSA) is 102 Å². The first-order chi connectivity index (χ1) is 14.8. The molecule has 0 radical (unpaired) electrons. The minimum Gasteiger partial charge on any atom is -0.460 e. The van der Waals surface area contributed by atoms with Gasteiger partial charge in [0.15, 0.2) is 11.6 Å². The molecule has 1 aromatic heterocycles. The minimum absolute atomic E-state index is 0.0936. The van der Waals surface area contributed by atoms with Crippen molar-refractivity contribution >= 4 is 26.7 Å². The number of aromatic nitrogens is 2. The molecule has 1 fully saturated rings. The second kappa shape index (κ2) is 8.78. The third kappa shape index (κ3) is 4.79. The summed E-state index contributed by atoms with van der Waals surface area (Å²) in [6.07, 6.45) is 0.0571. The zero-order valence-corrected chi connectivity index (χ0v) is 17.2. The Labute approximate surface area is 179 Å². The first-order valence-electron chi connectivity index (χ1n) is 8.89. The highest BCUT2D eigenvalue weighted by atomic mass is 32.2. The Hall–Kier alpha value is -2.74. The van der Waals surface area contributed by atoms with Crippen LogP contribution in [0.5, 0.6) is 5.75 Å². The summed E-state index contributed by atoms with van der Waals surface area (Å²) in [5.41, 5.74) is 0.618. The van der Waals surface area contributed by atoms with Gasteiger partial charge in [-0.05, 0) is 17.7 Å². The summed E-state index contributed by atoms with van der Waals surface area (Å²) in [7, 11) is -4.44. The maximum atomic E-state index is 14.6. The van der Waals surface area contributed by atoms with Crippen LogP contribution in [-0.2, 0) is 14.8 Å². The van der Waals surface area contributed by atoms with Crippen LogP contribution in [0, 0.1) is 17.5 Å². The highest BCUT2D eigenvalue weighted by Gasteiger charge is 2.31. The molecule has 2 atom stereocenters. The molecule has 1 aliphatic heterocycles. The van der Waals surface area contributed by atoms with Crippen LogP contribution in [-0.4, -0.2) is 37.2 Å². The van der Waals surface area contributed by atoms with Crippen LogP contribution in [0.1, 0.15) is 11.6 Å². The van der Waals surface area contributed by atoms with Gasteiger partial charge in [0.1, 0.15) is 22.9 Å². The fourth-order valence-electron chi connectivity index (χ4n) is 2.95. The first kappa shape index (κ1) is 21.5. The van der Waals surface area contributed by atoms with E-state index in [1.54, 1.807) is 0 Å². The molecular formula is C18H15F3N4O4S2. The number of nitrogens with one attached hydrogen (secondary N) is 2. The maximum Gasteiger partial charge on any atom is 0.266 e. The Morgan fingerprint density at radius 3 is 2.65 bits per heavy atom. The number of hydrogen-bond acceptors (Lipinski definition) is 8. The minimum atomic E-state index is -4.44. The summed E-state index contributed by atoms with van der Waals surface area (Å²) in [5.74, 6) is -3.29. The summed E-state index contributed by atoms with van der Waals surface area (Å²) >= 11 is 0.741. The molecule has 31 heavy (non-hydrogen) atoms. The van der Waals surface area contributed by atoms with Crippen molar-refractivity contribution in [2.24, 2.45) is 0 Å². The van der Waals surface area contributed by atoms with Crippen LogP contribution in [0.3, 0.4) is 0 Å². The van der Waals surface area contributed by atoms with Gasteiger partial charge in [-0.25, -0.2) is 26.6 Å². The van der Waals surface area contributed by atoms with Gasteiger partial charge in [0.05, 0.1) is 12.6 Å². The lowest BCUT2D eigenvalue weighted by molar-refractivity contribution is -0.125. The summed E-state index contributed by atoms with van der Waals surface area (Å²) in [6.45, 7) is 0.706. The average molecular weight is 472 g/mol. The Kier molecular flexibility index (Phi) is 6.09. The second-order valence-electron chi connectivity index (χ2n) is 6.41. The molecule has 2 heterocycles. The molecule has 164 valence electrons. The Bertz CT molecular complexity index is 1160. The van der Waals surface area contributed by atoms with Gasteiger partial charge in [-0.3, -0.25) is 4.72 Å². The number of ether oxygens (including phenoxy) is 2. The van der Waals surface area contributed by atoms with Gasteiger partial charge in [0.2, 0.25) is 11.4 Å². The zero-order chi connectivity index (χ0) is 22.0. The van der Waals surface area contributed by atoms with Crippen molar-refractivity contribution in [1.82, 2.24) is 14.7 Å². The molecule has 0 spiro atoms. The number of hydrogen-bond donors (Lipinski definition) is 2. The molecule has 2 unspecified atom stereocenters.